The summed E-state index contributed by atoms with van der Waals surface area (Å²) >= 11 is 0. The number of aromatic nitrogens is 1. The molecular formula is C16H26N4O. The highest BCUT2D eigenvalue weighted by atomic mass is 16.1. The lowest BCUT2D eigenvalue weighted by Crippen LogP contribution is -2.36. The van der Waals surface area contributed by atoms with Crippen molar-refractivity contribution in [3.8, 4) is 0 Å². The average molecular weight is 290 g/mol. The SMILES string of the molecule is CC(C)c1cc(C(=O)NCC2CCN(C)CC2)cc(N)n1. The molecule has 116 valence electrons. The minimum absolute atomic E-state index is 0.0510. The van der Waals surface area contributed by atoms with E-state index in [1.54, 1.807) is 6.07 Å². The summed E-state index contributed by atoms with van der Waals surface area (Å²) in [6.07, 6.45) is 2.29. The first kappa shape index (κ1) is 15.8. The van der Waals surface area contributed by atoms with Gasteiger partial charge in [-0.25, -0.2) is 4.98 Å². The highest BCUT2D eigenvalue weighted by Gasteiger charge is 2.18. The van der Waals surface area contributed by atoms with Crippen molar-refractivity contribution in [2.45, 2.75) is 32.6 Å². The van der Waals surface area contributed by atoms with Crippen molar-refractivity contribution in [3.63, 3.8) is 0 Å². The van der Waals surface area contributed by atoms with Crippen LogP contribution in [0.3, 0.4) is 0 Å². The first-order chi connectivity index (χ1) is 9.95. The molecule has 0 aromatic carbocycles. The van der Waals surface area contributed by atoms with Crippen LogP contribution in [0.4, 0.5) is 5.82 Å². The number of amides is 1. The monoisotopic (exact) mass is 290 g/mol. The smallest absolute Gasteiger partial charge is 0.251 e. The van der Waals surface area contributed by atoms with Crippen molar-refractivity contribution in [1.29, 1.82) is 0 Å². The third-order valence-electron chi connectivity index (χ3n) is 4.11. The molecule has 1 aliphatic rings. The molecule has 21 heavy (non-hydrogen) atoms. The van der Waals surface area contributed by atoms with Crippen molar-refractivity contribution >= 4 is 11.7 Å². The van der Waals surface area contributed by atoms with Crippen LogP contribution in [0, 0.1) is 5.92 Å². The Hall–Kier alpha value is -1.62. The fourth-order valence-corrected chi connectivity index (χ4v) is 2.61. The summed E-state index contributed by atoms with van der Waals surface area (Å²) in [7, 11) is 2.14. The predicted octanol–water partition coefficient (Wildman–Crippen LogP) is 1.86. The van der Waals surface area contributed by atoms with Gasteiger partial charge in [0.15, 0.2) is 0 Å². The maximum Gasteiger partial charge on any atom is 0.251 e. The van der Waals surface area contributed by atoms with E-state index in [1.165, 1.54) is 0 Å². The number of nitrogens with two attached hydrogens (primary N) is 1. The van der Waals surface area contributed by atoms with E-state index in [1.807, 2.05) is 19.9 Å². The largest absolute Gasteiger partial charge is 0.384 e. The number of hydrogen-bond donors (Lipinski definition) is 2. The number of nitrogens with one attached hydrogen (secondary N) is 1. The number of anilines is 1. The maximum absolute atomic E-state index is 12.3. The summed E-state index contributed by atoms with van der Waals surface area (Å²) in [5, 5.41) is 3.04. The van der Waals surface area contributed by atoms with Crippen molar-refractivity contribution in [1.82, 2.24) is 15.2 Å². The van der Waals surface area contributed by atoms with Gasteiger partial charge >= 0.3 is 0 Å². The first-order valence-corrected chi connectivity index (χ1v) is 7.70. The Morgan fingerprint density at radius 2 is 2.10 bits per heavy atom. The van der Waals surface area contributed by atoms with Gasteiger partial charge in [0.2, 0.25) is 0 Å². The summed E-state index contributed by atoms with van der Waals surface area (Å²) in [4.78, 5) is 18.9. The molecule has 0 unspecified atom stereocenters. The Morgan fingerprint density at radius 1 is 1.43 bits per heavy atom. The molecule has 0 saturated carbocycles. The van der Waals surface area contributed by atoms with Crippen LogP contribution in [-0.4, -0.2) is 42.5 Å². The Kier molecular flexibility index (Phi) is 5.17. The molecule has 0 spiro atoms. The second kappa shape index (κ2) is 6.89. The Balaban J connectivity index is 1.94. The number of nitrogen functional groups attached to an aromatic ring is 1. The molecule has 0 aliphatic carbocycles. The highest BCUT2D eigenvalue weighted by molar-refractivity contribution is 5.94. The lowest BCUT2D eigenvalue weighted by molar-refractivity contribution is 0.0939. The van der Waals surface area contributed by atoms with Gasteiger partial charge in [0.25, 0.3) is 5.91 Å². The number of carbonyl (C=O) groups is 1. The molecule has 5 nitrogen and oxygen atoms in total. The first-order valence-electron chi connectivity index (χ1n) is 7.70. The van der Waals surface area contributed by atoms with Crippen LogP contribution in [0.15, 0.2) is 12.1 Å². The molecule has 3 N–H and O–H groups in total. The molecule has 2 rings (SSSR count). The van der Waals surface area contributed by atoms with Crippen molar-refractivity contribution in [2.24, 2.45) is 5.92 Å². The molecule has 1 aromatic rings. The van der Waals surface area contributed by atoms with Crippen molar-refractivity contribution in [2.75, 3.05) is 32.4 Å². The summed E-state index contributed by atoms with van der Waals surface area (Å²) in [5.41, 5.74) is 7.26. The van der Waals surface area contributed by atoms with Gasteiger partial charge in [0.05, 0.1) is 0 Å². The molecule has 1 saturated heterocycles. The molecule has 1 aliphatic heterocycles. The van der Waals surface area contributed by atoms with Crippen molar-refractivity contribution < 1.29 is 4.79 Å². The molecule has 0 bridgehead atoms. The van der Waals surface area contributed by atoms with Crippen LogP contribution in [0.1, 0.15) is 48.7 Å². The average Bonchev–Trinajstić information content (AvgIpc) is 2.45. The van der Waals surface area contributed by atoms with Crippen LogP contribution >= 0.6 is 0 Å². The predicted molar refractivity (Wildman–Crippen MR) is 85.3 cm³/mol. The molecule has 5 heteroatoms. The quantitative estimate of drug-likeness (QED) is 0.888. The summed E-state index contributed by atoms with van der Waals surface area (Å²) in [5.74, 6) is 1.19. The van der Waals surface area contributed by atoms with E-state index in [0.717, 1.165) is 38.2 Å². The summed E-state index contributed by atoms with van der Waals surface area (Å²) in [6, 6.07) is 3.49. The molecule has 1 fully saturated rings. The zero-order valence-corrected chi connectivity index (χ0v) is 13.2. The standard InChI is InChI=1S/C16H26N4O/c1-11(2)14-8-13(9-15(17)19-14)16(21)18-10-12-4-6-20(3)7-5-12/h8-9,11-12H,4-7,10H2,1-3H3,(H2,17,19)(H,18,21). The topological polar surface area (TPSA) is 71.2 Å². The zero-order chi connectivity index (χ0) is 15.4. The maximum atomic E-state index is 12.3. The second-order valence-electron chi connectivity index (χ2n) is 6.32. The lowest BCUT2D eigenvalue weighted by atomic mass is 9.97. The van der Waals surface area contributed by atoms with E-state index in [9.17, 15) is 4.79 Å². The van der Waals surface area contributed by atoms with E-state index in [-0.39, 0.29) is 11.8 Å². The van der Waals surface area contributed by atoms with E-state index in [4.69, 9.17) is 5.73 Å². The summed E-state index contributed by atoms with van der Waals surface area (Å²) < 4.78 is 0. The van der Waals surface area contributed by atoms with Gasteiger partial charge in [-0.05, 0) is 56.9 Å². The fraction of sp³-hybridized carbons (Fsp3) is 0.625. The van der Waals surface area contributed by atoms with E-state index in [2.05, 4.69) is 22.2 Å². The van der Waals surface area contributed by atoms with Crippen LogP contribution < -0.4 is 11.1 Å². The number of pyridine rings is 1. The number of nitrogens with zero attached hydrogens (tertiary/aromatic N) is 2. The lowest BCUT2D eigenvalue weighted by Gasteiger charge is -2.28. The molecule has 2 heterocycles. The van der Waals surface area contributed by atoms with Crippen LogP contribution in [-0.2, 0) is 0 Å². The third kappa shape index (κ3) is 4.43. The minimum atomic E-state index is -0.0510. The van der Waals surface area contributed by atoms with Gasteiger partial charge in [0, 0.05) is 17.8 Å². The van der Waals surface area contributed by atoms with Gasteiger partial charge in [0.1, 0.15) is 5.82 Å². The van der Waals surface area contributed by atoms with E-state index >= 15 is 0 Å². The molecule has 1 aromatic heterocycles. The number of piperidine rings is 1. The van der Waals surface area contributed by atoms with Gasteiger partial charge in [-0.1, -0.05) is 13.8 Å². The Labute approximate surface area is 126 Å². The molecule has 1 amide bonds. The highest BCUT2D eigenvalue weighted by Crippen LogP contribution is 2.17. The van der Waals surface area contributed by atoms with Crippen LogP contribution in [0.25, 0.3) is 0 Å². The second-order valence-corrected chi connectivity index (χ2v) is 6.32. The van der Waals surface area contributed by atoms with E-state index in [0.29, 0.717) is 17.3 Å². The molecular weight excluding hydrogens is 264 g/mol. The number of rotatable bonds is 4. The zero-order valence-electron chi connectivity index (χ0n) is 13.2. The van der Waals surface area contributed by atoms with Gasteiger partial charge < -0.3 is 16.0 Å². The third-order valence-corrected chi connectivity index (χ3v) is 4.11. The fourth-order valence-electron chi connectivity index (χ4n) is 2.61. The number of likely N-dealkylation sites (tertiary alicyclic amines) is 1. The Morgan fingerprint density at radius 3 is 2.71 bits per heavy atom. The Bertz CT molecular complexity index is 493. The van der Waals surface area contributed by atoms with Gasteiger partial charge in [-0.15, -0.1) is 0 Å². The number of hydrogen-bond acceptors (Lipinski definition) is 4. The van der Waals surface area contributed by atoms with Crippen molar-refractivity contribution in [3.05, 3.63) is 23.4 Å². The summed E-state index contributed by atoms with van der Waals surface area (Å²) in [6.45, 7) is 7.05. The van der Waals surface area contributed by atoms with Gasteiger partial charge in [-0.3, -0.25) is 4.79 Å². The number of carbonyl (C=O) groups excluding carboxylic acids is 1. The normalized spacial score (nSPS) is 17.1. The van der Waals surface area contributed by atoms with Crippen LogP contribution in [0.5, 0.6) is 0 Å². The van der Waals surface area contributed by atoms with Crippen LogP contribution in [0.2, 0.25) is 0 Å². The molecule has 0 atom stereocenters. The molecule has 0 radical (unpaired) electrons. The van der Waals surface area contributed by atoms with E-state index < -0.39 is 0 Å². The van der Waals surface area contributed by atoms with Gasteiger partial charge in [-0.2, -0.15) is 0 Å². The minimum Gasteiger partial charge on any atom is -0.384 e.